The molecular formula is C21H32ClNO3. The van der Waals surface area contributed by atoms with Gasteiger partial charge in [0.25, 0.3) is 0 Å². The van der Waals surface area contributed by atoms with E-state index in [9.17, 15) is 4.79 Å². The van der Waals surface area contributed by atoms with Gasteiger partial charge in [-0.2, -0.15) is 0 Å². The SMILES string of the molecule is CCOC(=O)C1CCN(CCCCOc2ccc3c(c2)CCC3)CC1.Cl. The summed E-state index contributed by atoms with van der Waals surface area (Å²) >= 11 is 0. The normalized spacial score (nSPS) is 17.4. The molecule has 5 heteroatoms. The van der Waals surface area contributed by atoms with Crippen molar-refractivity contribution in [1.29, 1.82) is 0 Å². The van der Waals surface area contributed by atoms with Gasteiger partial charge in [0, 0.05) is 0 Å². The summed E-state index contributed by atoms with van der Waals surface area (Å²) in [7, 11) is 0. The molecule has 3 rings (SSSR count). The maximum Gasteiger partial charge on any atom is 0.309 e. The molecule has 1 aliphatic heterocycles. The van der Waals surface area contributed by atoms with E-state index in [4.69, 9.17) is 9.47 Å². The van der Waals surface area contributed by atoms with Crippen molar-refractivity contribution >= 4 is 18.4 Å². The Hall–Kier alpha value is -1.26. The number of unbranched alkanes of at least 4 members (excludes halogenated alkanes) is 1. The van der Waals surface area contributed by atoms with E-state index in [1.807, 2.05) is 6.92 Å². The minimum atomic E-state index is -0.00936. The first kappa shape index (κ1) is 21.0. The lowest BCUT2D eigenvalue weighted by atomic mass is 9.97. The lowest BCUT2D eigenvalue weighted by molar-refractivity contribution is -0.149. The van der Waals surface area contributed by atoms with Crippen LogP contribution in [0.5, 0.6) is 5.75 Å². The van der Waals surface area contributed by atoms with Crippen molar-refractivity contribution in [2.75, 3.05) is 32.8 Å². The van der Waals surface area contributed by atoms with Gasteiger partial charge in [-0.3, -0.25) is 4.79 Å². The molecule has 0 spiro atoms. The van der Waals surface area contributed by atoms with E-state index >= 15 is 0 Å². The van der Waals surface area contributed by atoms with Gasteiger partial charge in [-0.05, 0) is 94.8 Å². The van der Waals surface area contributed by atoms with Crippen LogP contribution >= 0.6 is 12.4 Å². The van der Waals surface area contributed by atoms with E-state index in [-0.39, 0.29) is 24.3 Å². The first-order chi connectivity index (χ1) is 12.3. The minimum Gasteiger partial charge on any atom is -0.494 e. The molecule has 1 aromatic carbocycles. The predicted octanol–water partition coefficient (Wildman–Crippen LogP) is 4.03. The maximum absolute atomic E-state index is 11.8. The molecule has 26 heavy (non-hydrogen) atoms. The number of likely N-dealkylation sites (tertiary alicyclic amines) is 1. The number of piperidine rings is 1. The maximum atomic E-state index is 11.8. The number of hydrogen-bond acceptors (Lipinski definition) is 4. The van der Waals surface area contributed by atoms with Gasteiger partial charge in [0.05, 0.1) is 19.1 Å². The van der Waals surface area contributed by atoms with E-state index in [2.05, 4.69) is 23.1 Å². The molecule has 0 amide bonds. The lowest BCUT2D eigenvalue weighted by Gasteiger charge is -2.30. The molecule has 1 aliphatic carbocycles. The first-order valence-electron chi connectivity index (χ1n) is 9.90. The van der Waals surface area contributed by atoms with Crippen molar-refractivity contribution in [3.8, 4) is 5.75 Å². The first-order valence-corrected chi connectivity index (χ1v) is 9.90. The quantitative estimate of drug-likeness (QED) is 0.503. The zero-order valence-corrected chi connectivity index (χ0v) is 16.7. The molecule has 0 radical (unpaired) electrons. The number of carbonyl (C=O) groups excluding carboxylic acids is 1. The Morgan fingerprint density at radius 2 is 1.92 bits per heavy atom. The molecule has 0 bridgehead atoms. The second kappa shape index (κ2) is 10.8. The summed E-state index contributed by atoms with van der Waals surface area (Å²) in [6, 6.07) is 6.57. The van der Waals surface area contributed by atoms with Crippen molar-refractivity contribution in [3.63, 3.8) is 0 Å². The fourth-order valence-corrected chi connectivity index (χ4v) is 3.92. The minimum absolute atomic E-state index is 0. The number of nitrogens with zero attached hydrogens (tertiary/aromatic N) is 1. The van der Waals surface area contributed by atoms with Crippen LogP contribution in [0.3, 0.4) is 0 Å². The van der Waals surface area contributed by atoms with E-state index in [0.717, 1.165) is 57.7 Å². The highest BCUT2D eigenvalue weighted by Gasteiger charge is 2.25. The van der Waals surface area contributed by atoms with E-state index < -0.39 is 0 Å². The van der Waals surface area contributed by atoms with Gasteiger partial charge in [0.1, 0.15) is 5.75 Å². The molecule has 1 aromatic rings. The van der Waals surface area contributed by atoms with Crippen molar-refractivity contribution in [2.24, 2.45) is 5.92 Å². The number of benzene rings is 1. The smallest absolute Gasteiger partial charge is 0.309 e. The molecule has 1 saturated heterocycles. The van der Waals surface area contributed by atoms with Crippen LogP contribution < -0.4 is 4.74 Å². The lowest BCUT2D eigenvalue weighted by Crippen LogP contribution is -2.37. The number of ether oxygens (including phenoxy) is 2. The van der Waals surface area contributed by atoms with Crippen LogP contribution in [0.4, 0.5) is 0 Å². The Morgan fingerprint density at radius 3 is 2.69 bits per heavy atom. The Kier molecular flexibility index (Phi) is 8.73. The number of carbonyl (C=O) groups is 1. The summed E-state index contributed by atoms with van der Waals surface area (Å²) < 4.78 is 11.0. The number of halogens is 1. The monoisotopic (exact) mass is 381 g/mol. The third-order valence-corrected chi connectivity index (χ3v) is 5.41. The van der Waals surface area contributed by atoms with Crippen LogP contribution in [0, 0.1) is 5.92 Å². The number of hydrogen-bond donors (Lipinski definition) is 0. The zero-order valence-electron chi connectivity index (χ0n) is 15.9. The molecule has 146 valence electrons. The Balaban J connectivity index is 0.00000243. The van der Waals surface area contributed by atoms with E-state index in [1.54, 1.807) is 0 Å². The molecule has 2 aliphatic rings. The number of aryl methyl sites for hydroxylation is 2. The van der Waals surface area contributed by atoms with E-state index in [0.29, 0.717) is 6.61 Å². The van der Waals surface area contributed by atoms with Gasteiger partial charge < -0.3 is 14.4 Å². The number of rotatable bonds is 8. The molecule has 0 atom stereocenters. The average Bonchev–Trinajstić information content (AvgIpc) is 3.10. The van der Waals surface area contributed by atoms with Gasteiger partial charge >= 0.3 is 5.97 Å². The topological polar surface area (TPSA) is 38.8 Å². The molecule has 0 N–H and O–H groups in total. The largest absolute Gasteiger partial charge is 0.494 e. The van der Waals surface area contributed by atoms with Crippen LogP contribution in [0.25, 0.3) is 0 Å². The summed E-state index contributed by atoms with van der Waals surface area (Å²) in [5.74, 6) is 1.13. The summed E-state index contributed by atoms with van der Waals surface area (Å²) in [6.07, 6.45) is 7.81. The van der Waals surface area contributed by atoms with E-state index in [1.165, 1.54) is 30.4 Å². The Labute approximate surface area is 163 Å². The highest BCUT2D eigenvalue weighted by Crippen LogP contribution is 2.26. The van der Waals surface area contributed by atoms with Crippen LogP contribution in [-0.4, -0.2) is 43.7 Å². The molecule has 0 saturated carbocycles. The van der Waals surface area contributed by atoms with Gasteiger partial charge in [-0.1, -0.05) is 6.07 Å². The van der Waals surface area contributed by atoms with Gasteiger partial charge in [-0.25, -0.2) is 0 Å². The van der Waals surface area contributed by atoms with Crippen LogP contribution in [0.1, 0.15) is 50.2 Å². The predicted molar refractivity (Wildman–Crippen MR) is 106 cm³/mol. The highest BCUT2D eigenvalue weighted by molar-refractivity contribution is 5.85. The molecule has 0 aromatic heterocycles. The van der Waals surface area contributed by atoms with Gasteiger partial charge in [-0.15, -0.1) is 12.4 Å². The second-order valence-corrected chi connectivity index (χ2v) is 7.21. The highest BCUT2D eigenvalue weighted by atomic mass is 35.5. The third kappa shape index (κ3) is 5.88. The average molecular weight is 382 g/mol. The van der Waals surface area contributed by atoms with Crippen molar-refractivity contribution in [1.82, 2.24) is 4.90 Å². The fraction of sp³-hybridized carbons (Fsp3) is 0.667. The summed E-state index contributed by atoms with van der Waals surface area (Å²) in [5.41, 5.74) is 2.97. The molecule has 1 heterocycles. The van der Waals surface area contributed by atoms with Crippen molar-refractivity contribution in [2.45, 2.75) is 51.9 Å². The number of esters is 1. The Bertz CT molecular complexity index is 570. The van der Waals surface area contributed by atoms with Gasteiger partial charge in [0.2, 0.25) is 0 Å². The zero-order chi connectivity index (χ0) is 17.5. The van der Waals surface area contributed by atoms with Gasteiger partial charge in [0.15, 0.2) is 0 Å². The van der Waals surface area contributed by atoms with Crippen molar-refractivity contribution in [3.05, 3.63) is 29.3 Å². The summed E-state index contributed by atoms with van der Waals surface area (Å²) in [6.45, 7) is 6.27. The van der Waals surface area contributed by atoms with Crippen LogP contribution in [0.15, 0.2) is 18.2 Å². The number of fused-ring (bicyclic) bond motifs is 1. The summed E-state index contributed by atoms with van der Waals surface area (Å²) in [5, 5.41) is 0. The molecular weight excluding hydrogens is 350 g/mol. The fourth-order valence-electron chi connectivity index (χ4n) is 3.92. The molecule has 0 unspecified atom stereocenters. The van der Waals surface area contributed by atoms with Crippen LogP contribution in [0.2, 0.25) is 0 Å². The molecule has 1 fully saturated rings. The van der Waals surface area contributed by atoms with Crippen LogP contribution in [-0.2, 0) is 22.4 Å². The standard InChI is InChI=1S/C21H31NO3.ClH/c1-2-24-21(23)18-10-13-22(14-11-18)12-3-4-15-25-20-9-8-17-6-5-7-19(17)16-20;/h8-9,16,18H,2-7,10-15H2,1H3;1H. The molecule has 4 nitrogen and oxygen atoms in total. The van der Waals surface area contributed by atoms with Crippen molar-refractivity contribution < 1.29 is 14.3 Å². The Morgan fingerprint density at radius 1 is 1.15 bits per heavy atom. The third-order valence-electron chi connectivity index (χ3n) is 5.41. The summed E-state index contributed by atoms with van der Waals surface area (Å²) in [4.78, 5) is 14.2. The second-order valence-electron chi connectivity index (χ2n) is 7.21.